The van der Waals surface area contributed by atoms with Gasteiger partial charge < -0.3 is 5.32 Å². The van der Waals surface area contributed by atoms with Gasteiger partial charge in [0.25, 0.3) is 0 Å². The minimum Gasteiger partial charge on any atom is -0.366 e. The lowest BCUT2D eigenvalue weighted by molar-refractivity contribution is 0.585. The second-order valence-corrected chi connectivity index (χ2v) is 9.11. The Hall–Kier alpha value is -2.21. The molecule has 0 bridgehead atoms. The average molecular weight is 397 g/mol. The lowest BCUT2D eigenvalue weighted by Gasteiger charge is -2.18. The van der Waals surface area contributed by atoms with Crippen LogP contribution in [0, 0.1) is 33.6 Å². The Kier molecular flexibility index (Phi) is 5.00. The van der Waals surface area contributed by atoms with E-state index >= 15 is 0 Å². The molecule has 2 heterocycles. The average Bonchev–Trinajstić information content (AvgIpc) is 3.37. The van der Waals surface area contributed by atoms with Crippen molar-refractivity contribution in [3.8, 4) is 5.69 Å². The number of benzene rings is 1. The van der Waals surface area contributed by atoms with Gasteiger partial charge in [-0.05, 0) is 57.6 Å². The molecule has 4 rings (SSSR count). The van der Waals surface area contributed by atoms with Gasteiger partial charge in [-0.15, -0.1) is 0 Å². The van der Waals surface area contributed by atoms with Crippen LogP contribution in [0.3, 0.4) is 0 Å². The van der Waals surface area contributed by atoms with E-state index in [0.29, 0.717) is 17.5 Å². The van der Waals surface area contributed by atoms with E-state index in [2.05, 4.69) is 55.1 Å². The van der Waals surface area contributed by atoms with E-state index in [1.54, 1.807) is 4.57 Å². The van der Waals surface area contributed by atoms with Crippen molar-refractivity contribution in [2.45, 2.75) is 66.3 Å². The van der Waals surface area contributed by atoms with Gasteiger partial charge in [0.15, 0.2) is 5.65 Å². The van der Waals surface area contributed by atoms with Crippen LogP contribution in [-0.2, 0) is 0 Å². The van der Waals surface area contributed by atoms with E-state index in [1.165, 1.54) is 36.2 Å². The summed E-state index contributed by atoms with van der Waals surface area (Å²) in [6, 6.07) is 4.63. The van der Waals surface area contributed by atoms with Crippen LogP contribution in [0.15, 0.2) is 16.9 Å². The van der Waals surface area contributed by atoms with E-state index in [1.807, 2.05) is 6.92 Å². The molecule has 0 saturated heterocycles. The Morgan fingerprint density at radius 1 is 1.18 bits per heavy atom. The van der Waals surface area contributed by atoms with Crippen molar-refractivity contribution in [1.29, 1.82) is 0 Å². The predicted octanol–water partition coefficient (Wildman–Crippen LogP) is 5.07. The molecule has 1 N–H and O–H groups in total. The maximum absolute atomic E-state index is 13.0. The third kappa shape index (κ3) is 3.58. The number of fused-ring (bicyclic) bond motifs is 1. The van der Waals surface area contributed by atoms with Crippen LogP contribution in [-0.4, -0.2) is 20.6 Å². The molecule has 28 heavy (non-hydrogen) atoms. The molecule has 2 aromatic heterocycles. The van der Waals surface area contributed by atoms with E-state index in [4.69, 9.17) is 0 Å². The van der Waals surface area contributed by atoms with Gasteiger partial charge in [0.2, 0.25) is 0 Å². The van der Waals surface area contributed by atoms with Crippen molar-refractivity contribution < 1.29 is 0 Å². The van der Waals surface area contributed by atoms with Crippen LogP contribution in [0.1, 0.15) is 55.1 Å². The van der Waals surface area contributed by atoms with Gasteiger partial charge in [-0.25, -0.2) is 9.97 Å². The molecule has 6 heteroatoms. The molecular formula is C22H28N4OS. The maximum atomic E-state index is 13.0. The monoisotopic (exact) mass is 396 g/mol. The first-order chi connectivity index (χ1) is 13.4. The SMILES string of the molecule is CCC(CC1CC1)Nc1nc(C)nc2c1sc(=O)n2-c1c(C)cc(C)cc1C. The van der Waals surface area contributed by atoms with Crippen LogP contribution < -0.4 is 10.2 Å². The van der Waals surface area contributed by atoms with Crippen LogP contribution in [0.4, 0.5) is 5.82 Å². The van der Waals surface area contributed by atoms with Crippen LogP contribution in [0.2, 0.25) is 0 Å². The first-order valence-electron chi connectivity index (χ1n) is 10.1. The maximum Gasteiger partial charge on any atom is 0.314 e. The summed E-state index contributed by atoms with van der Waals surface area (Å²) in [6.07, 6.45) is 4.90. The van der Waals surface area contributed by atoms with E-state index in [0.717, 1.165) is 39.7 Å². The first-order valence-corrected chi connectivity index (χ1v) is 10.9. The van der Waals surface area contributed by atoms with Crippen LogP contribution in [0.5, 0.6) is 0 Å². The largest absolute Gasteiger partial charge is 0.366 e. The van der Waals surface area contributed by atoms with E-state index in [-0.39, 0.29) is 4.87 Å². The molecule has 1 saturated carbocycles. The number of thiazole rings is 1. The second-order valence-electron chi connectivity index (χ2n) is 8.15. The van der Waals surface area contributed by atoms with Gasteiger partial charge >= 0.3 is 4.87 Å². The highest BCUT2D eigenvalue weighted by Gasteiger charge is 2.26. The molecule has 0 spiro atoms. The number of nitrogens with zero attached hydrogens (tertiary/aromatic N) is 3. The predicted molar refractivity (Wildman–Crippen MR) is 117 cm³/mol. The summed E-state index contributed by atoms with van der Waals surface area (Å²) in [7, 11) is 0. The molecule has 1 fully saturated rings. The summed E-state index contributed by atoms with van der Waals surface area (Å²) in [5.41, 5.74) is 5.03. The molecule has 1 aliphatic rings. The van der Waals surface area contributed by atoms with Gasteiger partial charge in [-0.3, -0.25) is 9.36 Å². The molecule has 1 aromatic carbocycles. The Bertz CT molecular complexity index is 1070. The van der Waals surface area contributed by atoms with Crippen molar-refractivity contribution in [1.82, 2.24) is 14.5 Å². The zero-order valence-corrected chi connectivity index (χ0v) is 18.1. The number of aryl methyl sites for hydroxylation is 4. The van der Waals surface area contributed by atoms with Crippen LogP contribution in [0.25, 0.3) is 16.0 Å². The quantitative estimate of drug-likeness (QED) is 0.632. The Balaban J connectivity index is 1.85. The van der Waals surface area contributed by atoms with Crippen molar-refractivity contribution in [2.75, 3.05) is 5.32 Å². The molecule has 5 nitrogen and oxygen atoms in total. The normalized spacial score (nSPS) is 15.2. The number of rotatable bonds is 6. The number of hydrogen-bond donors (Lipinski definition) is 1. The molecule has 0 aliphatic heterocycles. The molecule has 1 atom stereocenters. The third-order valence-electron chi connectivity index (χ3n) is 5.55. The van der Waals surface area contributed by atoms with Gasteiger partial charge in [-0.2, -0.15) is 0 Å². The van der Waals surface area contributed by atoms with Gasteiger partial charge in [0.05, 0.1) is 5.69 Å². The lowest BCUT2D eigenvalue weighted by atomic mass is 10.1. The lowest BCUT2D eigenvalue weighted by Crippen LogP contribution is -2.20. The fourth-order valence-corrected chi connectivity index (χ4v) is 4.98. The first kappa shape index (κ1) is 19.1. The third-order valence-corrected chi connectivity index (χ3v) is 6.49. The topological polar surface area (TPSA) is 59.8 Å². The summed E-state index contributed by atoms with van der Waals surface area (Å²) in [4.78, 5) is 22.3. The van der Waals surface area contributed by atoms with Crippen molar-refractivity contribution >= 4 is 27.5 Å². The molecule has 3 aromatic rings. The number of nitrogens with one attached hydrogen (secondary N) is 1. The fourth-order valence-electron chi connectivity index (χ4n) is 4.11. The Labute approximate surface area is 169 Å². The Morgan fingerprint density at radius 3 is 2.46 bits per heavy atom. The van der Waals surface area contributed by atoms with Gasteiger partial charge in [-0.1, -0.05) is 48.8 Å². The molecule has 0 radical (unpaired) electrons. The van der Waals surface area contributed by atoms with Gasteiger partial charge in [0.1, 0.15) is 16.3 Å². The molecule has 1 aliphatic carbocycles. The summed E-state index contributed by atoms with van der Waals surface area (Å²) in [6.45, 7) is 10.3. The minimum atomic E-state index is -0.0109. The van der Waals surface area contributed by atoms with E-state index in [9.17, 15) is 4.79 Å². The van der Waals surface area contributed by atoms with Crippen molar-refractivity contribution in [3.05, 3.63) is 44.3 Å². The molecular weight excluding hydrogens is 368 g/mol. The fraction of sp³-hybridized carbons (Fsp3) is 0.500. The zero-order chi connectivity index (χ0) is 20.0. The zero-order valence-electron chi connectivity index (χ0n) is 17.3. The number of anilines is 1. The summed E-state index contributed by atoms with van der Waals surface area (Å²) < 4.78 is 2.62. The highest BCUT2D eigenvalue weighted by molar-refractivity contribution is 7.17. The Morgan fingerprint density at radius 2 is 1.86 bits per heavy atom. The van der Waals surface area contributed by atoms with Crippen molar-refractivity contribution in [2.24, 2.45) is 5.92 Å². The molecule has 148 valence electrons. The summed E-state index contributed by atoms with van der Waals surface area (Å²) in [5.74, 6) is 2.33. The van der Waals surface area contributed by atoms with E-state index < -0.39 is 0 Å². The van der Waals surface area contributed by atoms with Gasteiger partial charge in [0, 0.05) is 6.04 Å². The smallest absolute Gasteiger partial charge is 0.314 e. The van der Waals surface area contributed by atoms with Crippen LogP contribution >= 0.6 is 11.3 Å². The standard InChI is InChI=1S/C22H28N4OS/c1-6-17(11-16-7-8-16)25-20-19-21(24-15(5)23-20)26(22(27)28-19)18-13(3)9-12(2)10-14(18)4/h9-10,16-17H,6-8,11H2,1-5H3,(H,23,24,25). The minimum absolute atomic E-state index is 0.0109. The highest BCUT2D eigenvalue weighted by Crippen LogP contribution is 2.36. The highest BCUT2D eigenvalue weighted by atomic mass is 32.1. The summed E-state index contributed by atoms with van der Waals surface area (Å²) >= 11 is 1.24. The number of aromatic nitrogens is 3. The molecule has 1 unspecified atom stereocenters. The molecule has 0 amide bonds. The number of hydrogen-bond acceptors (Lipinski definition) is 5. The summed E-state index contributed by atoms with van der Waals surface area (Å²) in [5, 5.41) is 3.62. The second kappa shape index (κ2) is 7.32. The van der Waals surface area contributed by atoms with Crippen molar-refractivity contribution in [3.63, 3.8) is 0 Å².